The van der Waals surface area contributed by atoms with Gasteiger partial charge in [0, 0.05) is 12.1 Å². The Morgan fingerprint density at radius 1 is 1.13 bits per heavy atom. The lowest BCUT2D eigenvalue weighted by Crippen LogP contribution is -2.36. The number of nitrogens with one attached hydrogen (secondary N) is 1. The van der Waals surface area contributed by atoms with Crippen LogP contribution in [0, 0.1) is 0 Å². The van der Waals surface area contributed by atoms with Crippen molar-refractivity contribution in [1.82, 2.24) is 5.32 Å². The molecule has 0 saturated heterocycles. The van der Waals surface area contributed by atoms with Crippen molar-refractivity contribution in [2.24, 2.45) is 5.16 Å². The number of amides is 1. The predicted octanol–water partition coefficient (Wildman–Crippen LogP) is 2.41. The molecule has 0 aromatic heterocycles. The van der Waals surface area contributed by atoms with Crippen LogP contribution in [0.2, 0.25) is 0 Å². The van der Waals surface area contributed by atoms with Gasteiger partial charge in [0.15, 0.2) is 17.6 Å². The summed E-state index contributed by atoms with van der Waals surface area (Å²) in [6.07, 6.45) is -0.965. The van der Waals surface area contributed by atoms with Crippen LogP contribution in [0.5, 0.6) is 17.2 Å². The van der Waals surface area contributed by atoms with Crippen LogP contribution in [0.3, 0.4) is 0 Å². The molecule has 2 aromatic carbocycles. The number of nitrogens with zero attached hydrogens (tertiary/aromatic N) is 1. The molecule has 0 spiro atoms. The number of ether oxygens (including phenoxy) is 4. The number of benzene rings is 2. The minimum absolute atomic E-state index is 0.184. The van der Waals surface area contributed by atoms with Crippen LogP contribution in [0.25, 0.3) is 0 Å². The fourth-order valence-corrected chi connectivity index (χ4v) is 2.72. The maximum absolute atomic E-state index is 12.1. The number of rotatable bonds is 9. The second-order valence-electron chi connectivity index (χ2n) is 6.72. The number of carbonyl (C=O) groups is 2. The van der Waals surface area contributed by atoms with Gasteiger partial charge in [0.05, 0.1) is 12.8 Å². The van der Waals surface area contributed by atoms with Crippen molar-refractivity contribution in [3.05, 3.63) is 53.6 Å². The molecule has 0 saturated carbocycles. The Kier molecular flexibility index (Phi) is 7.31. The second-order valence-corrected chi connectivity index (χ2v) is 6.72. The normalized spacial score (nSPS) is 13.3. The molecule has 2 aromatic rings. The number of carbonyl (C=O) groups excluding carboxylic acids is 2. The van der Waals surface area contributed by atoms with Crippen LogP contribution in [-0.4, -0.2) is 44.2 Å². The van der Waals surface area contributed by atoms with E-state index >= 15 is 0 Å². The standard InChI is InChI=1S/C22H24N2O7/c1-14(17-6-9-19-20(10-17)29-13-28-19)24-30-12-21(25)31-15(2)22(26)23-11-16-4-7-18(27-3)8-5-16/h4-10,15H,11-13H2,1-3H3,(H,23,26). The van der Waals surface area contributed by atoms with Crippen LogP contribution in [0.1, 0.15) is 25.0 Å². The molecule has 0 fully saturated rings. The van der Waals surface area contributed by atoms with Gasteiger partial charge in [-0.1, -0.05) is 17.3 Å². The first-order chi connectivity index (χ1) is 15.0. The highest BCUT2D eigenvalue weighted by Gasteiger charge is 2.18. The van der Waals surface area contributed by atoms with Gasteiger partial charge >= 0.3 is 5.97 Å². The molecule has 164 valence electrons. The maximum atomic E-state index is 12.1. The molecule has 1 N–H and O–H groups in total. The van der Waals surface area contributed by atoms with Crippen molar-refractivity contribution in [2.45, 2.75) is 26.5 Å². The van der Waals surface area contributed by atoms with E-state index in [0.29, 0.717) is 23.8 Å². The van der Waals surface area contributed by atoms with E-state index in [1.165, 1.54) is 6.92 Å². The average Bonchev–Trinajstić information content (AvgIpc) is 3.25. The minimum Gasteiger partial charge on any atom is -0.497 e. The van der Waals surface area contributed by atoms with E-state index in [1.807, 2.05) is 18.2 Å². The highest BCUT2D eigenvalue weighted by Crippen LogP contribution is 2.32. The van der Waals surface area contributed by atoms with Gasteiger partial charge in [-0.25, -0.2) is 4.79 Å². The van der Waals surface area contributed by atoms with E-state index in [0.717, 1.165) is 16.9 Å². The second kappa shape index (κ2) is 10.3. The van der Waals surface area contributed by atoms with Crippen LogP contribution in [-0.2, 0) is 25.7 Å². The topological polar surface area (TPSA) is 105 Å². The van der Waals surface area contributed by atoms with Crippen LogP contribution in [0.4, 0.5) is 0 Å². The fourth-order valence-electron chi connectivity index (χ4n) is 2.72. The molecule has 0 radical (unpaired) electrons. The molecule has 1 atom stereocenters. The first-order valence-corrected chi connectivity index (χ1v) is 9.63. The summed E-state index contributed by atoms with van der Waals surface area (Å²) in [5.41, 5.74) is 2.21. The van der Waals surface area contributed by atoms with Crippen molar-refractivity contribution in [1.29, 1.82) is 0 Å². The van der Waals surface area contributed by atoms with Gasteiger partial charge in [0.1, 0.15) is 5.75 Å². The Hall–Kier alpha value is -3.75. The average molecular weight is 428 g/mol. The van der Waals surface area contributed by atoms with E-state index in [9.17, 15) is 9.59 Å². The molecule has 3 rings (SSSR count). The first-order valence-electron chi connectivity index (χ1n) is 9.63. The Balaban J connectivity index is 1.40. The molecule has 1 heterocycles. The van der Waals surface area contributed by atoms with Crippen LogP contribution < -0.4 is 19.5 Å². The summed E-state index contributed by atoms with van der Waals surface area (Å²) in [6, 6.07) is 12.6. The fraction of sp³-hybridized carbons (Fsp3) is 0.318. The number of hydrogen-bond acceptors (Lipinski definition) is 8. The van der Waals surface area contributed by atoms with Crippen LogP contribution in [0.15, 0.2) is 47.6 Å². The van der Waals surface area contributed by atoms with Gasteiger partial charge in [0.2, 0.25) is 13.4 Å². The first kappa shape index (κ1) is 21.9. The van der Waals surface area contributed by atoms with Gasteiger partial charge in [-0.05, 0) is 49.7 Å². The zero-order chi connectivity index (χ0) is 22.2. The molecule has 1 amide bonds. The predicted molar refractivity (Wildman–Crippen MR) is 111 cm³/mol. The Morgan fingerprint density at radius 2 is 1.87 bits per heavy atom. The zero-order valence-electron chi connectivity index (χ0n) is 17.5. The molecule has 9 nitrogen and oxygen atoms in total. The molecule has 0 bridgehead atoms. The van der Waals surface area contributed by atoms with Gasteiger partial charge in [0.25, 0.3) is 5.91 Å². The van der Waals surface area contributed by atoms with Crippen molar-refractivity contribution < 1.29 is 33.4 Å². The summed E-state index contributed by atoms with van der Waals surface area (Å²) in [4.78, 5) is 29.1. The molecule has 1 aliphatic heterocycles. The highest BCUT2D eigenvalue weighted by molar-refractivity contribution is 5.99. The Morgan fingerprint density at radius 3 is 2.61 bits per heavy atom. The van der Waals surface area contributed by atoms with Crippen molar-refractivity contribution in [3.63, 3.8) is 0 Å². The van der Waals surface area contributed by atoms with E-state index in [4.69, 9.17) is 23.8 Å². The van der Waals surface area contributed by atoms with Gasteiger partial charge < -0.3 is 29.1 Å². The molecule has 0 aliphatic carbocycles. The maximum Gasteiger partial charge on any atom is 0.347 e. The monoisotopic (exact) mass is 428 g/mol. The Labute approximate surface area is 179 Å². The number of fused-ring (bicyclic) bond motifs is 1. The number of oxime groups is 1. The summed E-state index contributed by atoms with van der Waals surface area (Å²) in [7, 11) is 1.58. The van der Waals surface area contributed by atoms with E-state index in [-0.39, 0.29) is 6.79 Å². The molecule has 9 heteroatoms. The lowest BCUT2D eigenvalue weighted by Gasteiger charge is -2.13. The number of methoxy groups -OCH3 is 1. The third kappa shape index (κ3) is 6.11. The summed E-state index contributed by atoms with van der Waals surface area (Å²) >= 11 is 0. The van der Waals surface area contributed by atoms with Crippen molar-refractivity contribution >= 4 is 17.6 Å². The van der Waals surface area contributed by atoms with E-state index in [2.05, 4.69) is 10.5 Å². The SMILES string of the molecule is COc1ccc(CNC(=O)C(C)OC(=O)CON=C(C)c2ccc3c(c2)OCO3)cc1. The van der Waals surface area contributed by atoms with Crippen LogP contribution >= 0.6 is 0 Å². The summed E-state index contributed by atoms with van der Waals surface area (Å²) in [5, 5.41) is 6.62. The van der Waals surface area contributed by atoms with Gasteiger partial charge in [-0.15, -0.1) is 0 Å². The minimum atomic E-state index is -0.965. The smallest absolute Gasteiger partial charge is 0.347 e. The highest BCUT2D eigenvalue weighted by atomic mass is 16.7. The van der Waals surface area contributed by atoms with E-state index in [1.54, 1.807) is 38.3 Å². The third-order valence-electron chi connectivity index (χ3n) is 4.48. The number of hydrogen-bond donors (Lipinski definition) is 1. The van der Waals surface area contributed by atoms with Gasteiger partial charge in [-0.3, -0.25) is 4.79 Å². The summed E-state index contributed by atoms with van der Waals surface area (Å²) in [5.74, 6) is 0.911. The Bertz CT molecular complexity index is 957. The quantitative estimate of drug-likeness (QED) is 0.371. The summed E-state index contributed by atoms with van der Waals surface area (Å²) < 4.78 is 20.8. The molecular weight excluding hydrogens is 404 g/mol. The van der Waals surface area contributed by atoms with Crippen molar-refractivity contribution in [3.8, 4) is 17.2 Å². The van der Waals surface area contributed by atoms with Crippen molar-refractivity contribution in [2.75, 3.05) is 20.5 Å². The van der Waals surface area contributed by atoms with Gasteiger partial charge in [-0.2, -0.15) is 0 Å². The lowest BCUT2D eigenvalue weighted by atomic mass is 10.1. The number of esters is 1. The zero-order valence-corrected chi connectivity index (χ0v) is 17.5. The molecule has 1 aliphatic rings. The largest absolute Gasteiger partial charge is 0.497 e. The van der Waals surface area contributed by atoms with E-state index < -0.39 is 24.6 Å². The molecular formula is C22H24N2O7. The lowest BCUT2D eigenvalue weighted by molar-refractivity contribution is -0.159. The molecule has 31 heavy (non-hydrogen) atoms. The third-order valence-corrected chi connectivity index (χ3v) is 4.48. The summed E-state index contributed by atoms with van der Waals surface area (Å²) in [6.45, 7) is 3.29. The molecule has 1 unspecified atom stereocenters.